The Morgan fingerprint density at radius 2 is 2.03 bits per heavy atom. The quantitative estimate of drug-likeness (QED) is 0.498. The standard InChI is InChI=1S/C23H21ClN6O/c24-20-19-18(16-10-29-30(12-16)17-3-5-26-6-4-17)11-28-23(25)22(19)31-21(20)13-1-2-14-8-27-9-15(14)7-13/h1-2,7,9-12,17,26H,3-6,8H2,(H2,25,28). The normalized spacial score (nSPS) is 16.3. The third-order valence-electron chi connectivity index (χ3n) is 6.18. The lowest BCUT2D eigenvalue weighted by Crippen LogP contribution is -2.29. The molecule has 5 heterocycles. The SMILES string of the molecule is Nc1ncc(-c2cnn(C3CCNCC3)c2)c2c(Cl)c(-c3ccc4c(c3)C=NC4)oc12. The maximum atomic E-state index is 6.88. The number of rotatable bonds is 3. The summed E-state index contributed by atoms with van der Waals surface area (Å²) in [6, 6.07) is 6.52. The zero-order chi connectivity index (χ0) is 20.9. The number of furan rings is 1. The highest BCUT2D eigenvalue weighted by Gasteiger charge is 2.23. The van der Waals surface area contributed by atoms with E-state index in [1.807, 2.05) is 29.2 Å². The van der Waals surface area contributed by atoms with Gasteiger partial charge in [-0.05, 0) is 43.1 Å². The van der Waals surface area contributed by atoms with Crippen LogP contribution < -0.4 is 11.1 Å². The van der Waals surface area contributed by atoms with E-state index in [4.69, 9.17) is 21.8 Å². The lowest BCUT2D eigenvalue weighted by molar-refractivity contribution is 0.343. The molecule has 1 fully saturated rings. The van der Waals surface area contributed by atoms with Gasteiger partial charge < -0.3 is 15.5 Å². The smallest absolute Gasteiger partial charge is 0.179 e. The molecule has 0 spiro atoms. The molecule has 0 bridgehead atoms. The molecule has 4 aromatic rings. The van der Waals surface area contributed by atoms with Crippen LogP contribution in [0.5, 0.6) is 0 Å². The van der Waals surface area contributed by atoms with E-state index in [2.05, 4.69) is 32.7 Å². The average Bonchev–Trinajstić information content (AvgIpc) is 3.54. The van der Waals surface area contributed by atoms with Gasteiger partial charge in [-0.1, -0.05) is 23.7 Å². The molecule has 0 unspecified atom stereocenters. The number of aromatic nitrogens is 3. The van der Waals surface area contributed by atoms with Crippen molar-refractivity contribution in [2.75, 3.05) is 18.8 Å². The third-order valence-corrected chi connectivity index (χ3v) is 6.54. The number of nitrogens with one attached hydrogen (secondary N) is 1. The Bertz CT molecular complexity index is 1330. The molecule has 1 saturated heterocycles. The van der Waals surface area contributed by atoms with Gasteiger partial charge in [-0.25, -0.2) is 4.98 Å². The van der Waals surface area contributed by atoms with Crippen LogP contribution in [-0.4, -0.2) is 34.1 Å². The number of aliphatic imine (C=N–C) groups is 1. The zero-order valence-electron chi connectivity index (χ0n) is 16.8. The molecule has 0 atom stereocenters. The number of hydrogen-bond donors (Lipinski definition) is 2. The lowest BCUT2D eigenvalue weighted by atomic mass is 10.0. The molecule has 1 aromatic carbocycles. The first-order valence-corrected chi connectivity index (χ1v) is 10.8. The van der Waals surface area contributed by atoms with Crippen LogP contribution in [0.15, 0.2) is 46.2 Å². The first-order chi connectivity index (χ1) is 15.2. The van der Waals surface area contributed by atoms with Crippen molar-refractivity contribution in [1.29, 1.82) is 0 Å². The van der Waals surface area contributed by atoms with Crippen LogP contribution in [0.3, 0.4) is 0 Å². The first kappa shape index (κ1) is 18.6. The van der Waals surface area contributed by atoms with Crippen molar-refractivity contribution in [3.63, 3.8) is 0 Å². The fourth-order valence-corrected chi connectivity index (χ4v) is 4.82. The number of piperidine rings is 1. The first-order valence-electron chi connectivity index (χ1n) is 10.4. The summed E-state index contributed by atoms with van der Waals surface area (Å²) >= 11 is 6.88. The van der Waals surface area contributed by atoms with E-state index in [-0.39, 0.29) is 0 Å². The van der Waals surface area contributed by atoms with E-state index in [1.54, 1.807) is 6.20 Å². The Morgan fingerprint density at radius 1 is 1.16 bits per heavy atom. The Hall–Kier alpha value is -3.16. The fraction of sp³-hybridized carbons (Fsp3) is 0.261. The molecule has 0 saturated carbocycles. The van der Waals surface area contributed by atoms with Gasteiger partial charge in [0.1, 0.15) is 0 Å². The van der Waals surface area contributed by atoms with E-state index >= 15 is 0 Å². The van der Waals surface area contributed by atoms with Gasteiger partial charge in [0, 0.05) is 35.3 Å². The molecular formula is C23H21ClN6O. The Kier molecular flexibility index (Phi) is 4.33. The summed E-state index contributed by atoms with van der Waals surface area (Å²) < 4.78 is 8.21. The third kappa shape index (κ3) is 3.04. The molecule has 3 N–H and O–H groups in total. The highest BCUT2D eigenvalue weighted by atomic mass is 35.5. The van der Waals surface area contributed by atoms with Crippen molar-refractivity contribution in [2.24, 2.45) is 4.99 Å². The number of halogens is 1. The fourth-order valence-electron chi connectivity index (χ4n) is 4.48. The Morgan fingerprint density at radius 3 is 2.90 bits per heavy atom. The summed E-state index contributed by atoms with van der Waals surface area (Å²) in [5, 5.41) is 9.31. The largest absolute Gasteiger partial charge is 0.451 e. The zero-order valence-corrected chi connectivity index (χ0v) is 17.6. The van der Waals surface area contributed by atoms with Crippen LogP contribution in [0.25, 0.3) is 33.4 Å². The second-order valence-electron chi connectivity index (χ2n) is 8.08. The Balaban J connectivity index is 1.47. The van der Waals surface area contributed by atoms with E-state index < -0.39 is 0 Å². The van der Waals surface area contributed by atoms with Gasteiger partial charge in [-0.3, -0.25) is 9.67 Å². The van der Waals surface area contributed by atoms with Crippen LogP contribution in [0.2, 0.25) is 5.02 Å². The second kappa shape index (κ2) is 7.21. The summed E-state index contributed by atoms with van der Waals surface area (Å²) in [5.74, 6) is 0.909. The second-order valence-corrected chi connectivity index (χ2v) is 8.46. The highest BCUT2D eigenvalue weighted by Crippen LogP contribution is 2.44. The van der Waals surface area contributed by atoms with E-state index in [0.29, 0.717) is 34.8 Å². The minimum Gasteiger partial charge on any atom is -0.451 e. The summed E-state index contributed by atoms with van der Waals surface area (Å²) in [5.41, 5.74) is 11.7. The van der Waals surface area contributed by atoms with Gasteiger partial charge in [0.25, 0.3) is 0 Å². The monoisotopic (exact) mass is 432 g/mol. The van der Waals surface area contributed by atoms with E-state index in [0.717, 1.165) is 53.6 Å². The average molecular weight is 433 g/mol. The van der Waals surface area contributed by atoms with Crippen molar-refractivity contribution < 1.29 is 4.42 Å². The summed E-state index contributed by atoms with van der Waals surface area (Å²) in [6.45, 7) is 2.73. The molecule has 156 valence electrons. The van der Waals surface area contributed by atoms with Crippen LogP contribution in [0.1, 0.15) is 30.0 Å². The number of hydrogen-bond acceptors (Lipinski definition) is 6. The van der Waals surface area contributed by atoms with Gasteiger partial charge in [0.2, 0.25) is 0 Å². The molecule has 2 aliphatic heterocycles. The topological polar surface area (TPSA) is 94.3 Å². The number of nitrogens with zero attached hydrogens (tertiary/aromatic N) is 4. The van der Waals surface area contributed by atoms with Crippen LogP contribution >= 0.6 is 11.6 Å². The number of nitrogens with two attached hydrogens (primary N) is 1. The van der Waals surface area contributed by atoms with Crippen LogP contribution in [0, 0.1) is 0 Å². The minimum atomic E-state index is 0.320. The predicted molar refractivity (Wildman–Crippen MR) is 123 cm³/mol. The lowest BCUT2D eigenvalue weighted by Gasteiger charge is -2.22. The van der Waals surface area contributed by atoms with Crippen molar-refractivity contribution in [2.45, 2.75) is 25.4 Å². The van der Waals surface area contributed by atoms with Crippen molar-refractivity contribution in [1.82, 2.24) is 20.1 Å². The Labute approximate surface area is 183 Å². The maximum Gasteiger partial charge on any atom is 0.179 e. The minimum absolute atomic E-state index is 0.320. The highest BCUT2D eigenvalue weighted by molar-refractivity contribution is 6.39. The molecule has 31 heavy (non-hydrogen) atoms. The maximum absolute atomic E-state index is 6.88. The molecule has 3 aromatic heterocycles. The number of benzene rings is 1. The summed E-state index contributed by atoms with van der Waals surface area (Å²) in [6.07, 6.45) is 9.69. The van der Waals surface area contributed by atoms with Gasteiger partial charge in [-0.15, -0.1) is 0 Å². The number of fused-ring (bicyclic) bond motifs is 2. The molecule has 0 radical (unpaired) electrons. The van der Waals surface area contributed by atoms with Gasteiger partial charge in [0.05, 0.1) is 29.2 Å². The van der Waals surface area contributed by atoms with Gasteiger partial charge in [-0.2, -0.15) is 5.10 Å². The predicted octanol–water partition coefficient (Wildman–Crippen LogP) is 4.45. The van der Waals surface area contributed by atoms with Gasteiger partial charge in [0.15, 0.2) is 17.2 Å². The van der Waals surface area contributed by atoms with Crippen LogP contribution in [0.4, 0.5) is 5.82 Å². The van der Waals surface area contributed by atoms with Crippen molar-refractivity contribution >= 4 is 34.6 Å². The van der Waals surface area contributed by atoms with Gasteiger partial charge >= 0.3 is 0 Å². The number of anilines is 1. The number of pyridine rings is 1. The summed E-state index contributed by atoms with van der Waals surface area (Å²) in [4.78, 5) is 8.70. The molecular weight excluding hydrogens is 412 g/mol. The molecule has 6 rings (SSSR count). The molecule has 0 aliphatic carbocycles. The summed E-state index contributed by atoms with van der Waals surface area (Å²) in [7, 11) is 0. The van der Waals surface area contributed by atoms with E-state index in [9.17, 15) is 0 Å². The van der Waals surface area contributed by atoms with Crippen molar-refractivity contribution in [3.8, 4) is 22.5 Å². The molecule has 7 nitrogen and oxygen atoms in total. The molecule has 2 aliphatic rings. The molecule has 0 amide bonds. The van der Waals surface area contributed by atoms with Crippen LogP contribution in [-0.2, 0) is 6.54 Å². The van der Waals surface area contributed by atoms with Crippen molar-refractivity contribution in [3.05, 3.63) is 52.9 Å². The number of nitrogen functional groups attached to an aromatic ring is 1. The molecule has 8 heteroatoms. The van der Waals surface area contributed by atoms with E-state index in [1.165, 1.54) is 5.56 Å².